The van der Waals surface area contributed by atoms with Gasteiger partial charge in [-0.25, -0.2) is 0 Å². The molecule has 2 saturated heterocycles. The summed E-state index contributed by atoms with van der Waals surface area (Å²) in [4.78, 5) is 9.41. The zero-order valence-electron chi connectivity index (χ0n) is 20.2. The van der Waals surface area contributed by atoms with Crippen molar-refractivity contribution >= 4 is 5.96 Å². The molecule has 2 aliphatic heterocycles. The van der Waals surface area contributed by atoms with Crippen molar-refractivity contribution in [3.63, 3.8) is 0 Å². The monoisotopic (exact) mass is 447 g/mol. The molecule has 8 heteroatoms. The van der Waals surface area contributed by atoms with Crippen LogP contribution in [0.1, 0.15) is 31.9 Å². The van der Waals surface area contributed by atoms with Gasteiger partial charge in [-0.15, -0.1) is 0 Å². The van der Waals surface area contributed by atoms with E-state index in [1.165, 1.54) is 5.56 Å². The SMILES string of the molecule is CN=C(NCCCN1CC(C)OC(C)C1)NCC(c1ccc(OC)cc1)N1CCOCC1. The molecule has 0 spiro atoms. The quantitative estimate of drug-likeness (QED) is 0.339. The minimum Gasteiger partial charge on any atom is -0.497 e. The average Bonchev–Trinajstić information content (AvgIpc) is 2.81. The molecule has 0 aliphatic carbocycles. The van der Waals surface area contributed by atoms with Crippen LogP contribution in [0.4, 0.5) is 0 Å². The van der Waals surface area contributed by atoms with Crippen LogP contribution in [0, 0.1) is 0 Å². The maximum absolute atomic E-state index is 5.83. The van der Waals surface area contributed by atoms with E-state index in [1.807, 2.05) is 19.2 Å². The van der Waals surface area contributed by atoms with Crippen molar-refractivity contribution < 1.29 is 14.2 Å². The lowest BCUT2D eigenvalue weighted by Crippen LogP contribution is -2.47. The summed E-state index contributed by atoms with van der Waals surface area (Å²) in [5.41, 5.74) is 1.27. The van der Waals surface area contributed by atoms with Gasteiger partial charge in [-0.3, -0.25) is 14.8 Å². The molecular formula is C24H41N5O3. The Morgan fingerprint density at radius 2 is 1.81 bits per heavy atom. The summed E-state index contributed by atoms with van der Waals surface area (Å²) in [5.74, 6) is 1.73. The molecule has 1 aromatic rings. The van der Waals surface area contributed by atoms with Gasteiger partial charge in [-0.2, -0.15) is 0 Å². The molecule has 0 bridgehead atoms. The number of guanidine groups is 1. The third-order valence-corrected chi connectivity index (χ3v) is 6.11. The van der Waals surface area contributed by atoms with Crippen molar-refractivity contribution in [2.75, 3.05) is 73.2 Å². The molecule has 2 N–H and O–H groups in total. The van der Waals surface area contributed by atoms with E-state index in [0.29, 0.717) is 12.2 Å². The van der Waals surface area contributed by atoms with Crippen LogP contribution < -0.4 is 15.4 Å². The molecule has 3 atom stereocenters. The molecule has 0 aromatic heterocycles. The lowest BCUT2D eigenvalue weighted by Gasteiger charge is -2.35. The standard InChI is InChI=1S/C24H41N5O3/c1-19-17-28(18-20(2)32-19)11-5-10-26-24(25-3)27-16-23(29-12-14-31-15-13-29)21-6-8-22(30-4)9-7-21/h6-9,19-20,23H,5,10-18H2,1-4H3,(H2,25,26,27). The minimum atomic E-state index is 0.250. The number of ether oxygens (including phenoxy) is 3. The second-order valence-corrected chi connectivity index (χ2v) is 8.69. The molecule has 3 unspecified atom stereocenters. The average molecular weight is 448 g/mol. The molecule has 2 fully saturated rings. The van der Waals surface area contributed by atoms with Gasteiger partial charge >= 0.3 is 0 Å². The maximum Gasteiger partial charge on any atom is 0.191 e. The number of methoxy groups -OCH3 is 1. The number of nitrogens with zero attached hydrogens (tertiary/aromatic N) is 3. The third kappa shape index (κ3) is 7.62. The fourth-order valence-corrected chi connectivity index (χ4v) is 4.56. The fourth-order valence-electron chi connectivity index (χ4n) is 4.56. The molecule has 2 heterocycles. The largest absolute Gasteiger partial charge is 0.497 e. The Bertz CT molecular complexity index is 683. The van der Waals surface area contributed by atoms with Crippen LogP contribution in [-0.4, -0.2) is 101 Å². The molecule has 2 aliphatic rings. The van der Waals surface area contributed by atoms with Crippen LogP contribution in [0.3, 0.4) is 0 Å². The van der Waals surface area contributed by atoms with Gasteiger partial charge in [0.2, 0.25) is 0 Å². The van der Waals surface area contributed by atoms with Gasteiger partial charge in [0.1, 0.15) is 5.75 Å². The van der Waals surface area contributed by atoms with Crippen molar-refractivity contribution in [1.29, 1.82) is 0 Å². The number of benzene rings is 1. The minimum absolute atomic E-state index is 0.250. The smallest absolute Gasteiger partial charge is 0.191 e. The Morgan fingerprint density at radius 1 is 1.12 bits per heavy atom. The van der Waals surface area contributed by atoms with Crippen LogP contribution in [0.25, 0.3) is 0 Å². The molecule has 1 aromatic carbocycles. The van der Waals surface area contributed by atoms with Gasteiger partial charge in [0, 0.05) is 52.9 Å². The molecule has 0 amide bonds. The number of hydrogen-bond donors (Lipinski definition) is 2. The molecule has 3 rings (SSSR count). The second kappa shape index (κ2) is 13.0. The van der Waals surface area contributed by atoms with E-state index in [2.05, 4.69) is 51.4 Å². The zero-order valence-corrected chi connectivity index (χ0v) is 20.2. The van der Waals surface area contributed by atoms with Crippen LogP contribution in [0.15, 0.2) is 29.3 Å². The van der Waals surface area contributed by atoms with Gasteiger partial charge in [0.25, 0.3) is 0 Å². The van der Waals surface area contributed by atoms with Gasteiger partial charge in [-0.1, -0.05) is 12.1 Å². The highest BCUT2D eigenvalue weighted by Gasteiger charge is 2.23. The number of morpholine rings is 2. The van der Waals surface area contributed by atoms with Gasteiger partial charge in [-0.05, 0) is 38.0 Å². The Hall–Kier alpha value is -1.87. The second-order valence-electron chi connectivity index (χ2n) is 8.69. The summed E-state index contributed by atoms with van der Waals surface area (Å²) >= 11 is 0. The molecular weight excluding hydrogens is 406 g/mol. The van der Waals surface area contributed by atoms with Gasteiger partial charge in [0.15, 0.2) is 5.96 Å². The summed E-state index contributed by atoms with van der Waals surface area (Å²) in [6, 6.07) is 8.62. The highest BCUT2D eigenvalue weighted by molar-refractivity contribution is 5.79. The van der Waals surface area contributed by atoms with Crippen LogP contribution in [-0.2, 0) is 9.47 Å². The topological polar surface area (TPSA) is 70.6 Å². The highest BCUT2D eigenvalue weighted by Crippen LogP contribution is 2.23. The Labute approximate surface area is 193 Å². The van der Waals surface area contributed by atoms with Crippen molar-refractivity contribution in [2.45, 2.75) is 38.5 Å². The predicted octanol–water partition coefficient (Wildman–Crippen LogP) is 1.73. The van der Waals surface area contributed by atoms with Crippen molar-refractivity contribution in [3.8, 4) is 5.75 Å². The van der Waals surface area contributed by atoms with E-state index in [9.17, 15) is 0 Å². The normalized spacial score (nSPS) is 24.2. The summed E-state index contributed by atoms with van der Waals surface area (Å²) in [7, 11) is 3.53. The zero-order chi connectivity index (χ0) is 22.8. The van der Waals surface area contributed by atoms with Crippen molar-refractivity contribution in [2.24, 2.45) is 4.99 Å². The summed E-state index contributed by atoms with van der Waals surface area (Å²) in [5, 5.41) is 7.02. The Kier molecular flexibility index (Phi) is 10.1. The van der Waals surface area contributed by atoms with Crippen LogP contribution in [0.5, 0.6) is 5.75 Å². The number of aliphatic imine (C=N–C) groups is 1. The first-order valence-electron chi connectivity index (χ1n) is 11.9. The van der Waals surface area contributed by atoms with E-state index in [4.69, 9.17) is 14.2 Å². The van der Waals surface area contributed by atoms with E-state index in [1.54, 1.807) is 7.11 Å². The summed E-state index contributed by atoms with van der Waals surface area (Å²) in [6.45, 7) is 12.5. The molecule has 8 nitrogen and oxygen atoms in total. The third-order valence-electron chi connectivity index (χ3n) is 6.11. The summed E-state index contributed by atoms with van der Waals surface area (Å²) in [6.07, 6.45) is 1.71. The van der Waals surface area contributed by atoms with E-state index in [-0.39, 0.29) is 6.04 Å². The molecule has 0 radical (unpaired) electrons. The Morgan fingerprint density at radius 3 is 2.44 bits per heavy atom. The van der Waals surface area contributed by atoms with E-state index < -0.39 is 0 Å². The van der Waals surface area contributed by atoms with Gasteiger partial charge < -0.3 is 24.8 Å². The highest BCUT2D eigenvalue weighted by atomic mass is 16.5. The molecule has 180 valence electrons. The number of nitrogens with one attached hydrogen (secondary N) is 2. The number of hydrogen-bond acceptors (Lipinski definition) is 6. The molecule has 32 heavy (non-hydrogen) atoms. The first kappa shape index (κ1) is 24.8. The van der Waals surface area contributed by atoms with Crippen molar-refractivity contribution in [1.82, 2.24) is 20.4 Å². The van der Waals surface area contributed by atoms with Crippen LogP contribution >= 0.6 is 0 Å². The van der Waals surface area contributed by atoms with Crippen molar-refractivity contribution in [3.05, 3.63) is 29.8 Å². The molecule has 0 saturated carbocycles. The summed E-state index contributed by atoms with van der Waals surface area (Å²) < 4.78 is 16.7. The van der Waals surface area contributed by atoms with Gasteiger partial charge in [0.05, 0.1) is 38.6 Å². The predicted molar refractivity (Wildman–Crippen MR) is 129 cm³/mol. The number of rotatable bonds is 9. The lowest BCUT2D eigenvalue weighted by molar-refractivity contribution is -0.0679. The van der Waals surface area contributed by atoms with Crippen LogP contribution in [0.2, 0.25) is 0 Å². The Balaban J connectivity index is 1.48. The van der Waals surface area contributed by atoms with E-state index >= 15 is 0 Å². The first-order chi connectivity index (χ1) is 15.6. The lowest BCUT2D eigenvalue weighted by atomic mass is 10.0. The fraction of sp³-hybridized carbons (Fsp3) is 0.708. The maximum atomic E-state index is 5.83. The first-order valence-corrected chi connectivity index (χ1v) is 11.9. The van der Waals surface area contributed by atoms with E-state index in [0.717, 1.165) is 77.2 Å².